The lowest BCUT2D eigenvalue weighted by Crippen LogP contribution is -2.50. The third-order valence-corrected chi connectivity index (χ3v) is 5.40. The van der Waals surface area contributed by atoms with E-state index in [1.54, 1.807) is 0 Å². The molecular formula is C19H26N2O4. The maximum Gasteiger partial charge on any atom is 0.311 e. The van der Waals surface area contributed by atoms with Crippen LogP contribution in [0.4, 0.5) is 0 Å². The van der Waals surface area contributed by atoms with Crippen LogP contribution in [0.2, 0.25) is 0 Å². The molecule has 0 spiro atoms. The molecule has 3 rings (SSSR count). The fourth-order valence-corrected chi connectivity index (χ4v) is 3.73. The van der Waals surface area contributed by atoms with E-state index < -0.39 is 11.4 Å². The Morgan fingerprint density at radius 1 is 1.24 bits per heavy atom. The van der Waals surface area contributed by atoms with Crippen LogP contribution in [-0.2, 0) is 20.9 Å². The normalized spacial score (nSPS) is 23.3. The molecule has 2 heterocycles. The zero-order chi connectivity index (χ0) is 17.7. The van der Waals surface area contributed by atoms with Crippen molar-refractivity contribution < 1.29 is 19.4 Å². The van der Waals surface area contributed by atoms with Gasteiger partial charge in [0.25, 0.3) is 0 Å². The molecule has 0 bridgehead atoms. The predicted molar refractivity (Wildman–Crippen MR) is 93.0 cm³/mol. The quantitative estimate of drug-likeness (QED) is 0.819. The first-order valence-electron chi connectivity index (χ1n) is 8.98. The number of carboxylic acid groups (broad SMARTS) is 1. The lowest BCUT2D eigenvalue weighted by molar-refractivity contribution is -0.154. The van der Waals surface area contributed by atoms with Crippen LogP contribution in [0.5, 0.6) is 0 Å². The SMILES string of the molecule is O=C(NCC1(C(=O)O)CCOCC1)C1CCCN1Cc1ccccc1. The summed E-state index contributed by atoms with van der Waals surface area (Å²) in [7, 11) is 0. The number of nitrogens with zero attached hydrogens (tertiary/aromatic N) is 1. The molecule has 2 aliphatic heterocycles. The maximum atomic E-state index is 12.7. The van der Waals surface area contributed by atoms with E-state index in [1.165, 1.54) is 5.56 Å². The Balaban J connectivity index is 1.59. The van der Waals surface area contributed by atoms with E-state index in [0.29, 0.717) is 26.1 Å². The summed E-state index contributed by atoms with van der Waals surface area (Å²) in [5, 5.41) is 12.5. The van der Waals surface area contributed by atoms with E-state index >= 15 is 0 Å². The number of carbonyl (C=O) groups excluding carboxylic acids is 1. The molecule has 2 N–H and O–H groups in total. The summed E-state index contributed by atoms with van der Waals surface area (Å²) in [5.41, 5.74) is 0.296. The average Bonchev–Trinajstić information content (AvgIpc) is 3.09. The largest absolute Gasteiger partial charge is 0.481 e. The van der Waals surface area contributed by atoms with Crippen LogP contribution >= 0.6 is 0 Å². The highest BCUT2D eigenvalue weighted by Crippen LogP contribution is 2.30. The molecule has 1 atom stereocenters. The van der Waals surface area contributed by atoms with Crippen molar-refractivity contribution in [3.05, 3.63) is 35.9 Å². The second kappa shape index (κ2) is 7.97. The third kappa shape index (κ3) is 4.19. The molecule has 2 fully saturated rings. The van der Waals surface area contributed by atoms with E-state index in [4.69, 9.17) is 4.74 Å². The first-order valence-corrected chi connectivity index (χ1v) is 8.98. The average molecular weight is 346 g/mol. The van der Waals surface area contributed by atoms with Gasteiger partial charge in [0.1, 0.15) is 0 Å². The number of carboxylic acids is 1. The molecule has 25 heavy (non-hydrogen) atoms. The molecule has 136 valence electrons. The van der Waals surface area contributed by atoms with Gasteiger partial charge in [-0.2, -0.15) is 0 Å². The second-order valence-corrected chi connectivity index (χ2v) is 7.03. The summed E-state index contributed by atoms with van der Waals surface area (Å²) in [5.74, 6) is -0.899. The number of amides is 1. The van der Waals surface area contributed by atoms with Crippen molar-refractivity contribution in [3.63, 3.8) is 0 Å². The molecule has 0 aromatic heterocycles. The number of benzene rings is 1. The topological polar surface area (TPSA) is 78.9 Å². The highest BCUT2D eigenvalue weighted by molar-refractivity contribution is 5.83. The van der Waals surface area contributed by atoms with E-state index in [9.17, 15) is 14.7 Å². The standard InChI is InChI=1S/C19H26N2O4/c22-17(20-14-19(18(23)24)8-11-25-12-9-19)16-7-4-10-21(16)13-15-5-2-1-3-6-15/h1-3,5-6,16H,4,7-14H2,(H,20,22)(H,23,24). The number of ether oxygens (including phenoxy) is 1. The molecule has 6 nitrogen and oxygen atoms in total. The van der Waals surface area contributed by atoms with Crippen molar-refractivity contribution in [2.45, 2.75) is 38.3 Å². The molecule has 2 saturated heterocycles. The number of hydrogen-bond acceptors (Lipinski definition) is 4. The van der Waals surface area contributed by atoms with E-state index in [-0.39, 0.29) is 18.5 Å². The molecule has 0 saturated carbocycles. The fourth-order valence-electron chi connectivity index (χ4n) is 3.73. The van der Waals surface area contributed by atoms with Crippen LogP contribution in [0.15, 0.2) is 30.3 Å². The zero-order valence-corrected chi connectivity index (χ0v) is 14.4. The van der Waals surface area contributed by atoms with Crippen LogP contribution in [0, 0.1) is 5.41 Å². The number of rotatable bonds is 6. The van der Waals surface area contributed by atoms with E-state index in [1.807, 2.05) is 18.2 Å². The molecule has 0 aliphatic carbocycles. The Labute approximate surface area is 148 Å². The van der Waals surface area contributed by atoms with E-state index in [0.717, 1.165) is 25.9 Å². The number of carbonyl (C=O) groups is 2. The Morgan fingerprint density at radius 3 is 2.64 bits per heavy atom. The second-order valence-electron chi connectivity index (χ2n) is 7.03. The molecule has 1 unspecified atom stereocenters. The first kappa shape index (κ1) is 17.9. The molecule has 6 heteroatoms. The van der Waals surface area contributed by atoms with Gasteiger partial charge >= 0.3 is 5.97 Å². The van der Waals surface area contributed by atoms with Crippen LogP contribution in [0.25, 0.3) is 0 Å². The smallest absolute Gasteiger partial charge is 0.311 e. The number of nitrogens with one attached hydrogen (secondary N) is 1. The van der Waals surface area contributed by atoms with Crippen molar-refractivity contribution in [1.82, 2.24) is 10.2 Å². The highest BCUT2D eigenvalue weighted by atomic mass is 16.5. The summed E-state index contributed by atoms with van der Waals surface area (Å²) in [6.45, 7) is 2.69. The third-order valence-electron chi connectivity index (χ3n) is 5.40. The minimum Gasteiger partial charge on any atom is -0.481 e. The van der Waals surface area contributed by atoms with Crippen molar-refractivity contribution in [2.75, 3.05) is 26.3 Å². The summed E-state index contributed by atoms with van der Waals surface area (Å²) >= 11 is 0. The minimum atomic E-state index is -0.892. The maximum absolute atomic E-state index is 12.7. The number of likely N-dealkylation sites (tertiary alicyclic amines) is 1. The van der Waals surface area contributed by atoms with Gasteiger partial charge in [-0.3, -0.25) is 14.5 Å². The van der Waals surface area contributed by atoms with E-state index in [2.05, 4.69) is 22.3 Å². The summed E-state index contributed by atoms with van der Waals surface area (Å²) in [6, 6.07) is 9.94. The molecular weight excluding hydrogens is 320 g/mol. The van der Waals surface area contributed by atoms with Gasteiger partial charge < -0.3 is 15.2 Å². The van der Waals surface area contributed by atoms with Crippen LogP contribution in [0.1, 0.15) is 31.2 Å². The highest BCUT2D eigenvalue weighted by Gasteiger charge is 2.41. The Hall–Kier alpha value is -1.92. The van der Waals surface area contributed by atoms with Gasteiger partial charge in [0.05, 0.1) is 11.5 Å². The Bertz CT molecular complexity index is 599. The Morgan fingerprint density at radius 2 is 1.96 bits per heavy atom. The minimum absolute atomic E-state index is 0.0550. The number of hydrogen-bond donors (Lipinski definition) is 2. The van der Waals surface area contributed by atoms with Crippen molar-refractivity contribution in [1.29, 1.82) is 0 Å². The van der Waals surface area contributed by atoms with Gasteiger partial charge in [0, 0.05) is 26.3 Å². The summed E-state index contributed by atoms with van der Waals surface area (Å²) < 4.78 is 5.28. The molecule has 0 radical (unpaired) electrons. The lowest BCUT2D eigenvalue weighted by Gasteiger charge is -2.34. The van der Waals surface area contributed by atoms with Gasteiger partial charge in [-0.05, 0) is 37.8 Å². The lowest BCUT2D eigenvalue weighted by atomic mass is 9.80. The van der Waals surface area contributed by atoms with Crippen molar-refractivity contribution >= 4 is 11.9 Å². The first-order chi connectivity index (χ1) is 12.1. The molecule has 2 aliphatic rings. The summed E-state index contributed by atoms with van der Waals surface area (Å²) in [6.07, 6.45) is 2.70. The van der Waals surface area contributed by atoms with Crippen LogP contribution in [-0.4, -0.2) is 54.2 Å². The van der Waals surface area contributed by atoms with Gasteiger partial charge in [-0.25, -0.2) is 0 Å². The predicted octanol–water partition coefficient (Wildman–Crippen LogP) is 1.65. The number of aliphatic carboxylic acids is 1. The molecule has 1 aromatic rings. The van der Waals surface area contributed by atoms with Gasteiger partial charge in [0.2, 0.25) is 5.91 Å². The molecule has 1 amide bonds. The zero-order valence-electron chi connectivity index (χ0n) is 14.4. The Kier molecular flexibility index (Phi) is 5.71. The van der Waals surface area contributed by atoms with Crippen molar-refractivity contribution in [3.8, 4) is 0 Å². The van der Waals surface area contributed by atoms with Gasteiger partial charge in [-0.1, -0.05) is 30.3 Å². The van der Waals surface area contributed by atoms with Crippen molar-refractivity contribution in [2.24, 2.45) is 5.41 Å². The monoisotopic (exact) mass is 346 g/mol. The van der Waals surface area contributed by atoms with Gasteiger partial charge in [-0.15, -0.1) is 0 Å². The molecule has 1 aromatic carbocycles. The van der Waals surface area contributed by atoms with Crippen LogP contribution in [0.3, 0.4) is 0 Å². The van der Waals surface area contributed by atoms with Gasteiger partial charge in [0.15, 0.2) is 0 Å². The van der Waals surface area contributed by atoms with Crippen LogP contribution < -0.4 is 5.32 Å². The summed E-state index contributed by atoms with van der Waals surface area (Å²) in [4.78, 5) is 26.6. The fraction of sp³-hybridized carbons (Fsp3) is 0.579.